The normalized spacial score (nSPS) is 9.56. The number of carbonyl (C=O) groups is 2. The van der Waals surface area contributed by atoms with Crippen molar-refractivity contribution >= 4 is 17.7 Å². The zero-order valence-corrected chi connectivity index (χ0v) is 9.72. The SMILES string of the molecule is NC(=O)OCCNC(=O)COc1ccccc1N. The van der Waals surface area contributed by atoms with E-state index in [1.807, 2.05) is 0 Å². The highest BCUT2D eigenvalue weighted by Gasteiger charge is 2.04. The number of rotatable bonds is 6. The van der Waals surface area contributed by atoms with Crippen molar-refractivity contribution in [1.82, 2.24) is 5.32 Å². The van der Waals surface area contributed by atoms with E-state index in [0.717, 1.165) is 0 Å². The summed E-state index contributed by atoms with van der Waals surface area (Å²) in [5.74, 6) is 0.104. The van der Waals surface area contributed by atoms with E-state index in [1.54, 1.807) is 24.3 Å². The van der Waals surface area contributed by atoms with Crippen molar-refractivity contribution in [1.29, 1.82) is 0 Å². The summed E-state index contributed by atoms with van der Waals surface area (Å²) in [7, 11) is 0. The smallest absolute Gasteiger partial charge is 0.404 e. The standard InChI is InChI=1S/C11H15N3O4/c12-8-3-1-2-4-9(8)18-7-10(15)14-5-6-17-11(13)16/h1-4H,5-7,12H2,(H2,13,16)(H,14,15). The lowest BCUT2D eigenvalue weighted by Gasteiger charge is -2.08. The van der Waals surface area contributed by atoms with Gasteiger partial charge in [0.05, 0.1) is 12.2 Å². The number of primary amides is 1. The highest BCUT2D eigenvalue weighted by molar-refractivity contribution is 5.77. The Morgan fingerprint density at radius 1 is 1.28 bits per heavy atom. The average molecular weight is 253 g/mol. The van der Waals surface area contributed by atoms with E-state index in [-0.39, 0.29) is 25.7 Å². The van der Waals surface area contributed by atoms with Gasteiger partial charge in [-0.05, 0) is 12.1 Å². The molecule has 5 N–H and O–H groups in total. The van der Waals surface area contributed by atoms with Crippen molar-refractivity contribution in [2.24, 2.45) is 5.73 Å². The molecule has 0 aliphatic heterocycles. The maximum atomic E-state index is 11.3. The largest absolute Gasteiger partial charge is 0.482 e. The molecule has 0 atom stereocenters. The molecule has 0 saturated carbocycles. The first-order valence-corrected chi connectivity index (χ1v) is 5.26. The van der Waals surface area contributed by atoms with Gasteiger partial charge in [-0.3, -0.25) is 4.79 Å². The molecule has 1 rings (SSSR count). The van der Waals surface area contributed by atoms with E-state index in [9.17, 15) is 9.59 Å². The van der Waals surface area contributed by atoms with Gasteiger partial charge in [0.1, 0.15) is 12.4 Å². The molecule has 0 unspecified atom stereocenters. The Kier molecular flexibility index (Phi) is 5.30. The Balaban J connectivity index is 2.21. The number of nitrogen functional groups attached to an aromatic ring is 1. The highest BCUT2D eigenvalue weighted by Crippen LogP contribution is 2.19. The van der Waals surface area contributed by atoms with Crippen LogP contribution in [0.4, 0.5) is 10.5 Å². The Bertz CT molecular complexity index is 423. The summed E-state index contributed by atoms with van der Waals surface area (Å²) < 4.78 is 9.64. The van der Waals surface area contributed by atoms with Gasteiger partial charge in [0.25, 0.3) is 5.91 Å². The van der Waals surface area contributed by atoms with Crippen LogP contribution in [0.3, 0.4) is 0 Å². The summed E-state index contributed by atoms with van der Waals surface area (Å²) in [5, 5.41) is 2.49. The molecule has 0 aliphatic rings. The molecular formula is C11H15N3O4. The zero-order chi connectivity index (χ0) is 13.4. The minimum Gasteiger partial charge on any atom is -0.482 e. The van der Waals surface area contributed by atoms with Gasteiger partial charge in [0, 0.05) is 0 Å². The maximum Gasteiger partial charge on any atom is 0.404 e. The number of amides is 2. The molecule has 18 heavy (non-hydrogen) atoms. The monoisotopic (exact) mass is 253 g/mol. The number of ether oxygens (including phenoxy) is 2. The van der Waals surface area contributed by atoms with E-state index in [1.165, 1.54) is 0 Å². The van der Waals surface area contributed by atoms with Gasteiger partial charge < -0.3 is 26.3 Å². The summed E-state index contributed by atoms with van der Waals surface area (Å²) in [6.07, 6.45) is -0.877. The molecule has 0 heterocycles. The first kappa shape index (κ1) is 13.6. The van der Waals surface area contributed by atoms with E-state index in [2.05, 4.69) is 10.1 Å². The lowest BCUT2D eigenvalue weighted by atomic mass is 10.3. The van der Waals surface area contributed by atoms with Gasteiger partial charge >= 0.3 is 6.09 Å². The van der Waals surface area contributed by atoms with Gasteiger partial charge in [0.2, 0.25) is 0 Å². The zero-order valence-electron chi connectivity index (χ0n) is 9.72. The van der Waals surface area contributed by atoms with Crippen LogP contribution >= 0.6 is 0 Å². The fourth-order valence-electron chi connectivity index (χ4n) is 1.15. The van der Waals surface area contributed by atoms with Crippen LogP contribution in [0, 0.1) is 0 Å². The lowest BCUT2D eigenvalue weighted by molar-refractivity contribution is -0.123. The number of nitrogens with two attached hydrogens (primary N) is 2. The molecule has 2 amide bonds. The summed E-state index contributed by atoms with van der Waals surface area (Å²) in [4.78, 5) is 21.6. The van der Waals surface area contributed by atoms with Crippen LogP contribution in [0.1, 0.15) is 0 Å². The van der Waals surface area contributed by atoms with Gasteiger partial charge in [-0.25, -0.2) is 4.79 Å². The molecule has 0 fully saturated rings. The first-order chi connectivity index (χ1) is 8.59. The van der Waals surface area contributed by atoms with Crippen molar-refractivity contribution in [3.63, 3.8) is 0 Å². The number of hydrogen-bond donors (Lipinski definition) is 3. The van der Waals surface area contributed by atoms with Crippen LogP contribution in [0.15, 0.2) is 24.3 Å². The van der Waals surface area contributed by atoms with Gasteiger partial charge in [0.15, 0.2) is 6.61 Å². The van der Waals surface area contributed by atoms with Crippen molar-refractivity contribution < 1.29 is 19.1 Å². The Hall–Kier alpha value is -2.44. The Labute approximate surface area is 104 Å². The first-order valence-electron chi connectivity index (χ1n) is 5.26. The highest BCUT2D eigenvalue weighted by atomic mass is 16.5. The van der Waals surface area contributed by atoms with E-state index in [0.29, 0.717) is 11.4 Å². The third-order valence-electron chi connectivity index (χ3n) is 1.95. The molecule has 0 saturated heterocycles. The average Bonchev–Trinajstić information content (AvgIpc) is 2.33. The number of benzene rings is 1. The molecule has 0 spiro atoms. The molecule has 0 aromatic heterocycles. The topological polar surface area (TPSA) is 117 Å². The number of carbonyl (C=O) groups excluding carboxylic acids is 2. The molecule has 1 aromatic carbocycles. The van der Waals surface area contributed by atoms with E-state index >= 15 is 0 Å². The summed E-state index contributed by atoms with van der Waals surface area (Å²) in [6, 6.07) is 6.86. The molecule has 7 heteroatoms. The summed E-state index contributed by atoms with van der Waals surface area (Å²) in [5.41, 5.74) is 10.8. The van der Waals surface area contributed by atoms with Crippen molar-refractivity contribution in [2.45, 2.75) is 0 Å². The maximum absolute atomic E-state index is 11.3. The van der Waals surface area contributed by atoms with E-state index in [4.69, 9.17) is 16.2 Å². The van der Waals surface area contributed by atoms with Crippen LogP contribution in [-0.2, 0) is 9.53 Å². The van der Waals surface area contributed by atoms with Crippen LogP contribution in [0.2, 0.25) is 0 Å². The van der Waals surface area contributed by atoms with Crippen LogP contribution in [0.5, 0.6) is 5.75 Å². The lowest BCUT2D eigenvalue weighted by Crippen LogP contribution is -2.32. The van der Waals surface area contributed by atoms with Gasteiger partial charge in [-0.2, -0.15) is 0 Å². The van der Waals surface area contributed by atoms with Crippen LogP contribution in [0.25, 0.3) is 0 Å². The molecule has 98 valence electrons. The number of hydrogen-bond acceptors (Lipinski definition) is 5. The fourth-order valence-corrected chi connectivity index (χ4v) is 1.15. The number of para-hydroxylation sites is 2. The number of anilines is 1. The molecule has 7 nitrogen and oxygen atoms in total. The predicted molar refractivity (Wildman–Crippen MR) is 64.9 cm³/mol. The fraction of sp³-hybridized carbons (Fsp3) is 0.273. The number of nitrogens with one attached hydrogen (secondary N) is 1. The summed E-state index contributed by atoms with van der Waals surface area (Å²) >= 11 is 0. The third-order valence-corrected chi connectivity index (χ3v) is 1.95. The van der Waals surface area contributed by atoms with Crippen LogP contribution in [-0.4, -0.2) is 31.8 Å². The predicted octanol–water partition coefficient (Wildman–Crippen LogP) is -0.141. The van der Waals surface area contributed by atoms with E-state index < -0.39 is 6.09 Å². The second-order valence-corrected chi connectivity index (χ2v) is 3.34. The van der Waals surface area contributed by atoms with Crippen molar-refractivity contribution in [2.75, 3.05) is 25.5 Å². The third kappa shape index (κ3) is 5.06. The molecule has 0 bridgehead atoms. The van der Waals surface area contributed by atoms with Crippen molar-refractivity contribution in [3.8, 4) is 5.75 Å². The summed E-state index contributed by atoms with van der Waals surface area (Å²) in [6.45, 7) is 0.0364. The second kappa shape index (κ2) is 7.00. The quantitative estimate of drug-likeness (QED) is 0.482. The van der Waals surface area contributed by atoms with Gasteiger partial charge in [-0.15, -0.1) is 0 Å². The van der Waals surface area contributed by atoms with Crippen LogP contribution < -0.4 is 21.5 Å². The molecule has 1 aromatic rings. The second-order valence-electron chi connectivity index (χ2n) is 3.34. The molecular weight excluding hydrogens is 238 g/mol. The Morgan fingerprint density at radius 2 is 2.00 bits per heavy atom. The molecule has 0 radical (unpaired) electrons. The van der Waals surface area contributed by atoms with Crippen molar-refractivity contribution in [3.05, 3.63) is 24.3 Å². The Morgan fingerprint density at radius 3 is 2.67 bits per heavy atom. The molecule has 0 aliphatic carbocycles. The minimum atomic E-state index is -0.877. The van der Waals surface area contributed by atoms with Gasteiger partial charge in [-0.1, -0.05) is 12.1 Å². The minimum absolute atomic E-state index is 0.0224.